The maximum absolute atomic E-state index is 8.82. The van der Waals surface area contributed by atoms with Crippen LogP contribution in [-0.2, 0) is 0 Å². The van der Waals surface area contributed by atoms with Crippen LogP contribution >= 0.6 is 0 Å². The maximum Gasteiger partial charge on any atom is 0.119 e. The minimum absolute atomic E-state index is 0.465. The van der Waals surface area contributed by atoms with E-state index in [2.05, 4.69) is 41.7 Å². The van der Waals surface area contributed by atoms with Crippen molar-refractivity contribution in [1.29, 1.82) is 5.26 Å². The second kappa shape index (κ2) is 7.11. The van der Waals surface area contributed by atoms with Gasteiger partial charge in [0.15, 0.2) is 0 Å². The van der Waals surface area contributed by atoms with Crippen LogP contribution in [0, 0.1) is 17.2 Å². The lowest BCUT2D eigenvalue weighted by atomic mass is 9.81. The number of hydrogen-bond acceptors (Lipinski definition) is 3. The molecule has 2 atom stereocenters. The fourth-order valence-electron chi connectivity index (χ4n) is 3.07. The third kappa shape index (κ3) is 3.47. The Hall–Kier alpha value is -2.31. The summed E-state index contributed by atoms with van der Waals surface area (Å²) in [6, 6.07) is 20.1. The van der Waals surface area contributed by atoms with E-state index in [0.717, 1.165) is 25.3 Å². The zero-order chi connectivity index (χ0) is 15.2. The average molecular weight is 292 g/mol. The molecule has 3 rings (SSSR count). The summed E-state index contributed by atoms with van der Waals surface area (Å²) in [6.45, 7) is 2.74. The first-order valence-corrected chi connectivity index (χ1v) is 7.75. The molecule has 2 aromatic rings. The van der Waals surface area contributed by atoms with Gasteiger partial charge in [-0.1, -0.05) is 30.3 Å². The summed E-state index contributed by atoms with van der Waals surface area (Å²) in [6.07, 6.45) is 1.14. The zero-order valence-electron chi connectivity index (χ0n) is 12.5. The number of piperidine rings is 1. The van der Waals surface area contributed by atoms with Gasteiger partial charge in [-0.2, -0.15) is 5.26 Å². The predicted octanol–water partition coefficient (Wildman–Crippen LogP) is 3.33. The van der Waals surface area contributed by atoms with Crippen LogP contribution in [0.1, 0.15) is 23.5 Å². The Morgan fingerprint density at radius 2 is 1.86 bits per heavy atom. The van der Waals surface area contributed by atoms with E-state index in [1.807, 2.05) is 12.1 Å². The number of hydrogen-bond donors (Lipinski definition) is 1. The first kappa shape index (κ1) is 14.6. The number of nitrogens with zero attached hydrogens (tertiary/aromatic N) is 1. The summed E-state index contributed by atoms with van der Waals surface area (Å²) in [7, 11) is 0. The summed E-state index contributed by atoms with van der Waals surface area (Å²) in [4.78, 5) is 0. The lowest BCUT2D eigenvalue weighted by Crippen LogP contribution is -2.38. The molecule has 0 amide bonds. The van der Waals surface area contributed by atoms with Gasteiger partial charge in [0.2, 0.25) is 0 Å². The van der Waals surface area contributed by atoms with E-state index >= 15 is 0 Å². The first-order chi connectivity index (χ1) is 10.9. The molecule has 112 valence electrons. The molecule has 2 unspecified atom stereocenters. The van der Waals surface area contributed by atoms with Crippen molar-refractivity contribution in [3.8, 4) is 11.8 Å². The molecular formula is C19H20N2O. The molecule has 0 aromatic heterocycles. The largest absolute Gasteiger partial charge is 0.493 e. The quantitative estimate of drug-likeness (QED) is 0.940. The van der Waals surface area contributed by atoms with Crippen molar-refractivity contribution >= 4 is 0 Å². The topological polar surface area (TPSA) is 45.0 Å². The molecule has 0 saturated carbocycles. The van der Waals surface area contributed by atoms with Crippen molar-refractivity contribution in [3.63, 3.8) is 0 Å². The molecule has 0 radical (unpaired) electrons. The molecule has 22 heavy (non-hydrogen) atoms. The molecule has 0 bridgehead atoms. The van der Waals surface area contributed by atoms with Crippen molar-refractivity contribution < 1.29 is 4.74 Å². The van der Waals surface area contributed by atoms with E-state index in [1.54, 1.807) is 12.1 Å². The van der Waals surface area contributed by atoms with Gasteiger partial charge in [-0.15, -0.1) is 0 Å². The van der Waals surface area contributed by atoms with Gasteiger partial charge in [-0.05, 0) is 48.7 Å². The molecule has 0 aliphatic carbocycles. The molecule has 1 heterocycles. The molecular weight excluding hydrogens is 272 g/mol. The van der Waals surface area contributed by atoms with Gasteiger partial charge in [-0.25, -0.2) is 0 Å². The minimum atomic E-state index is 0.465. The Balaban J connectivity index is 1.65. The highest BCUT2D eigenvalue weighted by molar-refractivity contribution is 5.34. The monoisotopic (exact) mass is 292 g/mol. The summed E-state index contributed by atoms with van der Waals surface area (Å²) >= 11 is 0. The van der Waals surface area contributed by atoms with Crippen LogP contribution in [0.25, 0.3) is 0 Å². The normalized spacial score (nSPS) is 21.0. The smallest absolute Gasteiger partial charge is 0.119 e. The van der Waals surface area contributed by atoms with Crippen molar-refractivity contribution in [1.82, 2.24) is 5.32 Å². The molecule has 1 aliphatic heterocycles. The van der Waals surface area contributed by atoms with Crippen LogP contribution in [-0.4, -0.2) is 19.7 Å². The van der Waals surface area contributed by atoms with Gasteiger partial charge in [0.05, 0.1) is 18.2 Å². The third-order valence-corrected chi connectivity index (χ3v) is 4.28. The maximum atomic E-state index is 8.82. The predicted molar refractivity (Wildman–Crippen MR) is 86.8 cm³/mol. The number of ether oxygens (including phenoxy) is 1. The van der Waals surface area contributed by atoms with Crippen LogP contribution < -0.4 is 10.1 Å². The number of nitrogens with one attached hydrogen (secondary N) is 1. The molecule has 1 saturated heterocycles. The highest BCUT2D eigenvalue weighted by atomic mass is 16.5. The Morgan fingerprint density at radius 3 is 2.59 bits per heavy atom. The van der Waals surface area contributed by atoms with Crippen LogP contribution in [0.2, 0.25) is 0 Å². The molecule has 1 N–H and O–H groups in total. The summed E-state index contributed by atoms with van der Waals surface area (Å²) in [5.41, 5.74) is 2.06. The van der Waals surface area contributed by atoms with Gasteiger partial charge in [0, 0.05) is 12.5 Å². The summed E-state index contributed by atoms with van der Waals surface area (Å²) < 4.78 is 5.95. The second-order valence-electron chi connectivity index (χ2n) is 5.72. The first-order valence-electron chi connectivity index (χ1n) is 7.75. The van der Waals surface area contributed by atoms with Crippen LogP contribution in [0.15, 0.2) is 54.6 Å². The fourth-order valence-corrected chi connectivity index (χ4v) is 3.07. The van der Waals surface area contributed by atoms with Crippen molar-refractivity contribution in [2.24, 2.45) is 5.92 Å². The lowest BCUT2D eigenvalue weighted by Gasteiger charge is -2.32. The molecule has 1 fully saturated rings. The van der Waals surface area contributed by atoms with Gasteiger partial charge in [0.1, 0.15) is 5.75 Å². The number of nitriles is 1. The van der Waals surface area contributed by atoms with E-state index in [-0.39, 0.29) is 0 Å². The van der Waals surface area contributed by atoms with Crippen molar-refractivity contribution in [3.05, 3.63) is 65.7 Å². The SMILES string of the molecule is N#Cc1ccc(OCC2CNCCC2c2ccccc2)cc1. The van der Waals surface area contributed by atoms with E-state index < -0.39 is 0 Å². The van der Waals surface area contributed by atoms with Crippen LogP contribution in [0.5, 0.6) is 5.75 Å². The second-order valence-corrected chi connectivity index (χ2v) is 5.72. The molecule has 0 spiro atoms. The highest BCUT2D eigenvalue weighted by Gasteiger charge is 2.26. The Morgan fingerprint density at radius 1 is 1.09 bits per heavy atom. The van der Waals surface area contributed by atoms with E-state index in [9.17, 15) is 0 Å². The highest BCUT2D eigenvalue weighted by Crippen LogP contribution is 2.30. The van der Waals surface area contributed by atoms with Crippen molar-refractivity contribution in [2.75, 3.05) is 19.7 Å². The Bertz CT molecular complexity index is 631. The van der Waals surface area contributed by atoms with Gasteiger partial charge < -0.3 is 10.1 Å². The molecule has 2 aromatic carbocycles. The Kier molecular flexibility index (Phi) is 4.72. The Labute approximate surface area is 131 Å². The van der Waals surface area contributed by atoms with Gasteiger partial charge >= 0.3 is 0 Å². The van der Waals surface area contributed by atoms with Crippen LogP contribution in [0.4, 0.5) is 0 Å². The van der Waals surface area contributed by atoms with Gasteiger partial charge in [0.25, 0.3) is 0 Å². The van der Waals surface area contributed by atoms with E-state index in [1.165, 1.54) is 5.56 Å². The fraction of sp³-hybridized carbons (Fsp3) is 0.316. The van der Waals surface area contributed by atoms with Gasteiger partial charge in [-0.3, -0.25) is 0 Å². The molecule has 3 nitrogen and oxygen atoms in total. The summed E-state index contributed by atoms with van der Waals surface area (Å²) in [5, 5.41) is 12.3. The van der Waals surface area contributed by atoms with E-state index in [0.29, 0.717) is 24.0 Å². The average Bonchev–Trinajstić information content (AvgIpc) is 2.61. The third-order valence-electron chi connectivity index (χ3n) is 4.28. The van der Waals surface area contributed by atoms with Crippen LogP contribution in [0.3, 0.4) is 0 Å². The molecule has 3 heteroatoms. The zero-order valence-corrected chi connectivity index (χ0v) is 12.5. The minimum Gasteiger partial charge on any atom is -0.493 e. The molecule has 1 aliphatic rings. The number of benzene rings is 2. The summed E-state index contributed by atoms with van der Waals surface area (Å²) in [5.74, 6) is 1.84. The van der Waals surface area contributed by atoms with E-state index in [4.69, 9.17) is 10.00 Å². The van der Waals surface area contributed by atoms with Crippen molar-refractivity contribution in [2.45, 2.75) is 12.3 Å². The number of rotatable bonds is 4. The lowest BCUT2D eigenvalue weighted by molar-refractivity contribution is 0.197. The standard InChI is InChI=1S/C19H20N2O/c20-12-15-6-8-18(9-7-15)22-14-17-13-21-11-10-19(17)16-4-2-1-3-5-16/h1-9,17,19,21H,10-11,13-14H2.